The Bertz CT molecular complexity index is 972. The fourth-order valence-electron chi connectivity index (χ4n) is 3.92. The van der Waals surface area contributed by atoms with Crippen molar-refractivity contribution in [2.24, 2.45) is 5.92 Å². The van der Waals surface area contributed by atoms with E-state index in [9.17, 15) is 4.79 Å². The molecule has 0 radical (unpaired) electrons. The Balaban J connectivity index is 1.67. The first-order chi connectivity index (χ1) is 12.5. The second kappa shape index (κ2) is 6.88. The lowest BCUT2D eigenvalue weighted by Gasteiger charge is -2.20. The lowest BCUT2D eigenvalue weighted by atomic mass is 9.88. The molecule has 0 fully saturated rings. The minimum Gasteiger partial charge on any atom is -0.283 e. The van der Waals surface area contributed by atoms with Crippen LogP contribution in [-0.2, 0) is 12.8 Å². The number of carbonyl (C=O) groups is 1. The van der Waals surface area contributed by atoms with Crippen LogP contribution in [0, 0.1) is 19.8 Å². The molecule has 0 aliphatic heterocycles. The van der Waals surface area contributed by atoms with Crippen LogP contribution in [0.3, 0.4) is 0 Å². The van der Waals surface area contributed by atoms with E-state index in [0.29, 0.717) is 16.8 Å². The maximum absolute atomic E-state index is 13.1. The lowest BCUT2D eigenvalue weighted by Crippen LogP contribution is -2.20. The Kier molecular flexibility index (Phi) is 4.57. The van der Waals surface area contributed by atoms with Crippen LogP contribution in [0.15, 0.2) is 35.5 Å². The average Bonchev–Trinajstić information content (AvgIpc) is 2.93. The van der Waals surface area contributed by atoms with E-state index >= 15 is 0 Å². The Hall–Kier alpha value is -2.14. The van der Waals surface area contributed by atoms with Gasteiger partial charge in [0.2, 0.25) is 5.91 Å². The van der Waals surface area contributed by atoms with E-state index in [0.717, 1.165) is 36.2 Å². The molecule has 0 amide bonds. The van der Waals surface area contributed by atoms with Gasteiger partial charge in [-0.15, -0.1) is 0 Å². The van der Waals surface area contributed by atoms with E-state index in [-0.39, 0.29) is 5.91 Å². The van der Waals surface area contributed by atoms with Crippen molar-refractivity contribution in [3.05, 3.63) is 53.0 Å². The number of rotatable bonds is 3. The zero-order chi connectivity index (χ0) is 18.3. The average molecular weight is 366 g/mol. The quantitative estimate of drug-likeness (QED) is 0.502. The summed E-state index contributed by atoms with van der Waals surface area (Å²) in [5, 5.41) is 1.91. The normalized spacial score (nSPS) is 16.7. The van der Waals surface area contributed by atoms with Crippen molar-refractivity contribution in [3.63, 3.8) is 0 Å². The van der Waals surface area contributed by atoms with E-state index < -0.39 is 0 Å². The largest absolute Gasteiger partial charge is 0.283 e. The fraction of sp³-hybridized carbons (Fsp3) is 0.381. The number of fused-ring (bicyclic) bond motifs is 3. The second-order valence-electron chi connectivity index (χ2n) is 7.24. The summed E-state index contributed by atoms with van der Waals surface area (Å²) >= 11 is 1.42. The van der Waals surface area contributed by atoms with Crippen LogP contribution in [0.4, 0.5) is 0 Å². The topological polar surface area (TPSA) is 47.8 Å². The van der Waals surface area contributed by atoms with Crippen LogP contribution in [-0.4, -0.2) is 26.2 Å². The maximum Gasteiger partial charge on any atom is 0.241 e. The third-order valence-corrected chi connectivity index (χ3v) is 5.88. The predicted molar refractivity (Wildman–Crippen MR) is 106 cm³/mol. The number of hydrogen-bond donors (Lipinski definition) is 0. The first-order valence-corrected chi connectivity index (χ1v) is 10.1. The Labute approximate surface area is 158 Å². The highest BCUT2D eigenvalue weighted by Gasteiger charge is 2.25. The highest BCUT2D eigenvalue weighted by molar-refractivity contribution is 7.99. The molecule has 0 saturated carbocycles. The molecule has 0 saturated heterocycles. The molecule has 4 nitrogen and oxygen atoms in total. The summed E-state index contributed by atoms with van der Waals surface area (Å²) in [5.74, 6) is 1.14. The number of aryl methyl sites for hydroxylation is 2. The first-order valence-electron chi connectivity index (χ1n) is 9.12. The third-order valence-electron chi connectivity index (χ3n) is 5.05. The van der Waals surface area contributed by atoms with Crippen LogP contribution in [0.2, 0.25) is 0 Å². The van der Waals surface area contributed by atoms with Gasteiger partial charge in [-0.25, -0.2) is 9.97 Å². The van der Waals surface area contributed by atoms with Gasteiger partial charge in [0, 0.05) is 22.5 Å². The van der Waals surface area contributed by atoms with Gasteiger partial charge in [0.25, 0.3) is 0 Å². The van der Waals surface area contributed by atoms with Gasteiger partial charge in [0.15, 0.2) is 5.16 Å². The van der Waals surface area contributed by atoms with Crippen molar-refractivity contribution in [1.29, 1.82) is 0 Å². The zero-order valence-electron chi connectivity index (χ0n) is 15.5. The molecule has 134 valence electrons. The number of benzene rings is 1. The molecule has 2 heterocycles. The molecule has 2 aromatic heterocycles. The summed E-state index contributed by atoms with van der Waals surface area (Å²) in [6, 6.07) is 10.2. The minimum atomic E-state index is 0.116. The monoisotopic (exact) mass is 365 g/mol. The first kappa shape index (κ1) is 17.3. The number of hydrogen-bond acceptors (Lipinski definition) is 4. The molecule has 1 aliphatic rings. The van der Waals surface area contributed by atoms with Crippen LogP contribution >= 0.6 is 11.8 Å². The summed E-state index contributed by atoms with van der Waals surface area (Å²) < 4.78 is 1.95. The smallest absolute Gasteiger partial charge is 0.241 e. The molecule has 0 N–H and O–H groups in total. The fourth-order valence-corrected chi connectivity index (χ4v) is 4.72. The van der Waals surface area contributed by atoms with Gasteiger partial charge in [-0.1, -0.05) is 36.9 Å². The van der Waals surface area contributed by atoms with E-state index in [2.05, 4.69) is 35.1 Å². The van der Waals surface area contributed by atoms with E-state index in [1.807, 2.05) is 30.5 Å². The standard InChI is InChI=1S/C21H23N3OS/c1-13-8-9-19-17(10-13)16-6-4-5-7-18(16)24(19)20(25)12-26-21-22-14(2)11-15(3)23-21/h4-7,11,13H,8-10,12H2,1-3H3/t13-/m0/s1. The third kappa shape index (κ3) is 3.16. The van der Waals surface area contributed by atoms with Crippen LogP contribution in [0.1, 0.15) is 40.8 Å². The summed E-state index contributed by atoms with van der Waals surface area (Å²) in [7, 11) is 0. The highest BCUT2D eigenvalue weighted by atomic mass is 32.2. The number of aromatic nitrogens is 3. The molecular formula is C21H23N3OS. The van der Waals surface area contributed by atoms with Gasteiger partial charge >= 0.3 is 0 Å². The highest BCUT2D eigenvalue weighted by Crippen LogP contribution is 2.34. The van der Waals surface area contributed by atoms with Crippen molar-refractivity contribution in [2.75, 3.05) is 5.75 Å². The van der Waals surface area contributed by atoms with Crippen molar-refractivity contribution in [3.8, 4) is 0 Å². The van der Waals surface area contributed by atoms with E-state index in [1.165, 1.54) is 28.4 Å². The lowest BCUT2D eigenvalue weighted by molar-refractivity contribution is 0.0943. The zero-order valence-corrected chi connectivity index (χ0v) is 16.3. The van der Waals surface area contributed by atoms with Crippen LogP contribution < -0.4 is 0 Å². The van der Waals surface area contributed by atoms with Crippen LogP contribution in [0.25, 0.3) is 10.9 Å². The van der Waals surface area contributed by atoms with Crippen LogP contribution in [0.5, 0.6) is 0 Å². The molecule has 1 aliphatic carbocycles. The van der Waals surface area contributed by atoms with Gasteiger partial charge in [-0.2, -0.15) is 0 Å². The Morgan fingerprint density at radius 3 is 2.73 bits per heavy atom. The molecule has 3 aromatic rings. The molecule has 1 aromatic carbocycles. The number of thioether (sulfide) groups is 1. The summed E-state index contributed by atoms with van der Waals surface area (Å²) in [6.45, 7) is 6.21. The van der Waals surface area contributed by atoms with Crippen molar-refractivity contribution < 1.29 is 4.79 Å². The molecule has 26 heavy (non-hydrogen) atoms. The summed E-state index contributed by atoms with van der Waals surface area (Å²) in [6.07, 6.45) is 3.18. The summed E-state index contributed by atoms with van der Waals surface area (Å²) in [5.41, 5.74) is 5.48. The molecular weight excluding hydrogens is 342 g/mol. The van der Waals surface area contributed by atoms with E-state index in [4.69, 9.17) is 0 Å². The van der Waals surface area contributed by atoms with Gasteiger partial charge in [0.1, 0.15) is 0 Å². The molecule has 5 heteroatoms. The number of para-hydroxylation sites is 1. The van der Waals surface area contributed by atoms with Gasteiger partial charge in [-0.3, -0.25) is 9.36 Å². The Morgan fingerprint density at radius 1 is 1.23 bits per heavy atom. The van der Waals surface area contributed by atoms with Crippen molar-refractivity contribution in [1.82, 2.24) is 14.5 Å². The second-order valence-corrected chi connectivity index (χ2v) is 8.18. The molecule has 4 rings (SSSR count). The number of nitrogens with zero attached hydrogens (tertiary/aromatic N) is 3. The van der Waals surface area contributed by atoms with Gasteiger partial charge in [0.05, 0.1) is 11.3 Å². The predicted octanol–water partition coefficient (Wildman–Crippen LogP) is 4.61. The minimum absolute atomic E-state index is 0.116. The molecule has 0 spiro atoms. The number of carbonyl (C=O) groups excluding carboxylic acids is 1. The molecule has 0 bridgehead atoms. The van der Waals surface area contributed by atoms with Gasteiger partial charge in [-0.05, 0) is 56.7 Å². The Morgan fingerprint density at radius 2 is 1.96 bits per heavy atom. The maximum atomic E-state index is 13.1. The molecule has 1 atom stereocenters. The van der Waals surface area contributed by atoms with Crippen molar-refractivity contribution in [2.45, 2.75) is 45.2 Å². The van der Waals surface area contributed by atoms with Crippen molar-refractivity contribution >= 4 is 28.6 Å². The summed E-state index contributed by atoms with van der Waals surface area (Å²) in [4.78, 5) is 22.0. The molecule has 0 unspecified atom stereocenters. The van der Waals surface area contributed by atoms with Gasteiger partial charge < -0.3 is 0 Å². The van der Waals surface area contributed by atoms with E-state index in [1.54, 1.807) is 0 Å². The SMILES string of the molecule is Cc1cc(C)nc(SCC(=O)n2c3c(c4ccccc42)C[C@@H](C)CC3)n1.